The Balaban J connectivity index is 2.28. The molecule has 0 heterocycles. The fourth-order valence-corrected chi connectivity index (χ4v) is 2.58. The molecule has 0 spiro atoms. The van der Waals surface area contributed by atoms with Gasteiger partial charge in [-0.3, -0.25) is 0 Å². The molecular weight excluding hydrogens is 356 g/mol. The van der Waals surface area contributed by atoms with Gasteiger partial charge in [-0.1, -0.05) is 51.9 Å². The fourth-order valence-electron chi connectivity index (χ4n) is 1.98. The van der Waals surface area contributed by atoms with Crippen LogP contribution in [-0.4, -0.2) is 12.0 Å². The van der Waals surface area contributed by atoms with Gasteiger partial charge in [0.2, 0.25) is 0 Å². The molecule has 20 heavy (non-hydrogen) atoms. The average molecular weight is 370 g/mol. The number of thiocarbonyl (C=S) groups is 1. The number of hydrogen-bond acceptors (Lipinski definition) is 2. The molecule has 0 aliphatic carbocycles. The smallest absolute Gasteiger partial charge is 0.106 e. The Hall–Kier alpha value is -1.10. The molecule has 0 aromatic heterocycles. The van der Waals surface area contributed by atoms with Gasteiger partial charge in [0.25, 0.3) is 0 Å². The summed E-state index contributed by atoms with van der Waals surface area (Å²) < 4.78 is 1.07. The van der Waals surface area contributed by atoms with E-state index in [1.807, 2.05) is 31.3 Å². The Morgan fingerprint density at radius 1 is 1.25 bits per heavy atom. The molecule has 0 radical (unpaired) electrons. The molecule has 0 saturated heterocycles. The highest BCUT2D eigenvalue weighted by Gasteiger charge is 2.11. The van der Waals surface area contributed by atoms with Crippen molar-refractivity contribution >= 4 is 50.4 Å². The summed E-state index contributed by atoms with van der Waals surface area (Å²) in [5.41, 5.74) is 8.74. The highest BCUT2D eigenvalue weighted by molar-refractivity contribution is 9.10. The first-order valence-electron chi connectivity index (χ1n) is 6.02. The minimum atomic E-state index is 0.374. The third-order valence-corrected chi connectivity index (χ3v) is 3.95. The second-order valence-electron chi connectivity index (χ2n) is 4.51. The summed E-state index contributed by atoms with van der Waals surface area (Å²) in [6, 6.07) is 13.7. The van der Waals surface area contributed by atoms with Gasteiger partial charge in [-0.05, 0) is 35.9 Å². The molecule has 0 fully saturated rings. The number of halogens is 2. The molecule has 5 heteroatoms. The summed E-state index contributed by atoms with van der Waals surface area (Å²) in [7, 11) is 2.00. The molecule has 104 valence electrons. The fraction of sp³-hybridized carbons (Fsp3) is 0.133. The Bertz CT molecular complexity index is 628. The van der Waals surface area contributed by atoms with Gasteiger partial charge in [0.05, 0.1) is 0 Å². The maximum absolute atomic E-state index is 6.07. The number of hydrogen-bond donors (Lipinski definition) is 1. The molecule has 2 rings (SSSR count). The second-order valence-corrected chi connectivity index (χ2v) is 6.30. The van der Waals surface area contributed by atoms with E-state index in [4.69, 9.17) is 29.6 Å². The van der Waals surface area contributed by atoms with Gasteiger partial charge in [0, 0.05) is 34.3 Å². The normalized spacial score (nSPS) is 10.3. The largest absolute Gasteiger partial charge is 0.389 e. The van der Waals surface area contributed by atoms with Crippen LogP contribution in [0.5, 0.6) is 0 Å². The van der Waals surface area contributed by atoms with Gasteiger partial charge >= 0.3 is 0 Å². The van der Waals surface area contributed by atoms with Gasteiger partial charge in [-0.2, -0.15) is 0 Å². The molecule has 2 aromatic rings. The van der Waals surface area contributed by atoms with E-state index in [0.29, 0.717) is 10.0 Å². The zero-order valence-corrected chi connectivity index (χ0v) is 14.1. The van der Waals surface area contributed by atoms with E-state index < -0.39 is 0 Å². The predicted molar refractivity (Wildman–Crippen MR) is 93.6 cm³/mol. The monoisotopic (exact) mass is 368 g/mol. The third kappa shape index (κ3) is 3.72. The summed E-state index contributed by atoms with van der Waals surface area (Å²) in [6.07, 6.45) is 0. The number of anilines is 1. The first-order chi connectivity index (χ1) is 9.47. The summed E-state index contributed by atoms with van der Waals surface area (Å²) in [5, 5.41) is 0.669. The molecule has 2 aromatic carbocycles. The van der Waals surface area contributed by atoms with Crippen molar-refractivity contribution in [3.05, 3.63) is 63.1 Å². The molecule has 0 bridgehead atoms. The lowest BCUT2D eigenvalue weighted by Crippen LogP contribution is -2.21. The van der Waals surface area contributed by atoms with Crippen LogP contribution in [0.1, 0.15) is 11.1 Å². The van der Waals surface area contributed by atoms with E-state index in [9.17, 15) is 0 Å². The molecule has 0 unspecified atom stereocenters. The minimum absolute atomic E-state index is 0.374. The van der Waals surface area contributed by atoms with Crippen molar-refractivity contribution in [3.8, 4) is 0 Å². The first-order valence-corrected chi connectivity index (χ1v) is 7.60. The molecule has 0 aliphatic rings. The van der Waals surface area contributed by atoms with Crippen molar-refractivity contribution in [2.75, 3.05) is 11.9 Å². The molecule has 0 amide bonds. The van der Waals surface area contributed by atoms with Crippen LogP contribution in [0.15, 0.2) is 46.9 Å². The standard InChI is InChI=1S/C15H14BrClN2S/c1-19(9-10-2-4-11(16)5-3-10)14-8-12(17)6-7-13(14)15(18)20/h2-8H,9H2,1H3,(H2,18,20). The summed E-state index contributed by atoms with van der Waals surface area (Å²) in [6.45, 7) is 0.753. The van der Waals surface area contributed by atoms with Crippen LogP contribution in [0.25, 0.3) is 0 Å². The molecule has 2 N–H and O–H groups in total. The van der Waals surface area contributed by atoms with Crippen LogP contribution >= 0.6 is 39.7 Å². The lowest BCUT2D eigenvalue weighted by Gasteiger charge is -2.22. The van der Waals surface area contributed by atoms with Crippen molar-refractivity contribution in [1.82, 2.24) is 0 Å². The lowest BCUT2D eigenvalue weighted by molar-refractivity contribution is 0.921. The number of rotatable bonds is 4. The second kappa shape index (κ2) is 6.57. The number of benzene rings is 2. The van der Waals surface area contributed by atoms with Gasteiger partial charge < -0.3 is 10.6 Å². The average Bonchev–Trinajstić information content (AvgIpc) is 2.41. The Morgan fingerprint density at radius 2 is 1.90 bits per heavy atom. The Kier molecular flexibility index (Phi) is 5.02. The van der Waals surface area contributed by atoms with E-state index in [-0.39, 0.29) is 0 Å². The van der Waals surface area contributed by atoms with Crippen molar-refractivity contribution in [2.45, 2.75) is 6.54 Å². The van der Waals surface area contributed by atoms with Crippen LogP contribution in [0.2, 0.25) is 5.02 Å². The van der Waals surface area contributed by atoms with Crippen LogP contribution in [0.4, 0.5) is 5.69 Å². The minimum Gasteiger partial charge on any atom is -0.389 e. The molecule has 0 aliphatic heterocycles. The first kappa shape index (κ1) is 15.3. The van der Waals surface area contributed by atoms with Crippen LogP contribution in [-0.2, 0) is 6.54 Å². The highest BCUT2D eigenvalue weighted by atomic mass is 79.9. The maximum atomic E-state index is 6.07. The Morgan fingerprint density at radius 3 is 2.50 bits per heavy atom. The van der Waals surface area contributed by atoms with E-state index in [2.05, 4.69) is 33.0 Å². The summed E-state index contributed by atoms with van der Waals surface area (Å²) >= 11 is 14.6. The Labute approximate surface area is 137 Å². The van der Waals surface area contributed by atoms with Gasteiger partial charge in [0.15, 0.2) is 0 Å². The van der Waals surface area contributed by atoms with Crippen molar-refractivity contribution < 1.29 is 0 Å². The van der Waals surface area contributed by atoms with Crippen LogP contribution in [0, 0.1) is 0 Å². The topological polar surface area (TPSA) is 29.3 Å². The van der Waals surface area contributed by atoms with E-state index in [1.165, 1.54) is 5.56 Å². The summed E-state index contributed by atoms with van der Waals surface area (Å²) in [5.74, 6) is 0. The third-order valence-electron chi connectivity index (χ3n) is 2.97. The van der Waals surface area contributed by atoms with E-state index in [0.717, 1.165) is 22.3 Å². The molecule has 0 atom stereocenters. The SMILES string of the molecule is CN(Cc1ccc(Br)cc1)c1cc(Cl)ccc1C(N)=S. The van der Waals surface area contributed by atoms with Crippen molar-refractivity contribution in [2.24, 2.45) is 5.73 Å². The number of nitrogens with zero attached hydrogens (tertiary/aromatic N) is 1. The predicted octanol–water partition coefficient (Wildman–Crippen LogP) is 4.37. The zero-order valence-electron chi connectivity index (χ0n) is 10.9. The molecular formula is C15H14BrClN2S. The molecule has 2 nitrogen and oxygen atoms in total. The van der Waals surface area contributed by atoms with Crippen LogP contribution in [0.3, 0.4) is 0 Å². The van der Waals surface area contributed by atoms with E-state index in [1.54, 1.807) is 6.07 Å². The summed E-state index contributed by atoms with van der Waals surface area (Å²) in [4.78, 5) is 2.46. The highest BCUT2D eigenvalue weighted by Crippen LogP contribution is 2.25. The van der Waals surface area contributed by atoms with Crippen molar-refractivity contribution in [3.63, 3.8) is 0 Å². The van der Waals surface area contributed by atoms with Crippen molar-refractivity contribution in [1.29, 1.82) is 0 Å². The molecule has 0 saturated carbocycles. The van der Waals surface area contributed by atoms with Gasteiger partial charge in [0.1, 0.15) is 4.99 Å². The van der Waals surface area contributed by atoms with Gasteiger partial charge in [-0.25, -0.2) is 0 Å². The number of nitrogens with two attached hydrogens (primary N) is 1. The maximum Gasteiger partial charge on any atom is 0.106 e. The lowest BCUT2D eigenvalue weighted by atomic mass is 10.1. The quantitative estimate of drug-likeness (QED) is 0.811. The van der Waals surface area contributed by atoms with Crippen LogP contribution < -0.4 is 10.6 Å². The zero-order chi connectivity index (χ0) is 14.7. The van der Waals surface area contributed by atoms with Gasteiger partial charge in [-0.15, -0.1) is 0 Å². The van der Waals surface area contributed by atoms with E-state index >= 15 is 0 Å².